The van der Waals surface area contributed by atoms with E-state index in [1.807, 2.05) is 0 Å². The number of anilines is 1. The number of nitrogens with one attached hydrogen (secondary N) is 1. The molecule has 2 N–H and O–H groups in total. The number of hydrogen-bond acceptors (Lipinski definition) is 3. The van der Waals surface area contributed by atoms with E-state index in [0.29, 0.717) is 11.3 Å². The van der Waals surface area contributed by atoms with Gasteiger partial charge in [0, 0.05) is 11.3 Å². The second kappa shape index (κ2) is 2.58. The number of Topliss-reactive ketones (excluding diaryl/α,β-unsaturated/α-hetero) is 1. The molecule has 0 saturated carbocycles. The van der Waals surface area contributed by atoms with Crippen LogP contribution in [0, 0.1) is 0 Å². The summed E-state index contributed by atoms with van der Waals surface area (Å²) >= 11 is 0. The summed E-state index contributed by atoms with van der Waals surface area (Å²) in [6.45, 7) is 0. The fourth-order valence-corrected chi connectivity index (χ4v) is 1.37. The number of hydrogen-bond donors (Lipinski definition) is 2. The number of ketones is 1. The van der Waals surface area contributed by atoms with Crippen molar-refractivity contribution in [1.29, 1.82) is 0 Å². The van der Waals surface area contributed by atoms with Gasteiger partial charge in [-0.2, -0.15) is 0 Å². The normalized spacial score (nSPS) is 19.4. The summed E-state index contributed by atoms with van der Waals surface area (Å²) in [6.07, 6.45) is 0. The van der Waals surface area contributed by atoms with Crippen molar-refractivity contribution < 1.29 is 14.7 Å². The fraction of sp³-hybridized carbons (Fsp3) is 0.111. The molecule has 0 aliphatic carbocycles. The average molecular weight is 177 g/mol. The van der Waals surface area contributed by atoms with Gasteiger partial charge in [-0.1, -0.05) is 12.1 Å². The molecule has 1 aromatic carbocycles. The van der Waals surface area contributed by atoms with Crippen LogP contribution in [0.4, 0.5) is 5.69 Å². The molecule has 2 rings (SSSR count). The Morgan fingerprint density at radius 3 is 2.69 bits per heavy atom. The molecular formula is C9H7NO3. The van der Waals surface area contributed by atoms with Gasteiger partial charge >= 0.3 is 5.97 Å². The molecule has 1 aliphatic heterocycles. The van der Waals surface area contributed by atoms with Gasteiger partial charge in [0.2, 0.25) is 0 Å². The SMILES string of the molecule is O=C(O)C1Nc2ccccc2C1=O. The molecule has 4 heteroatoms. The number of carboxylic acid groups (broad SMARTS) is 1. The zero-order chi connectivity index (χ0) is 9.42. The van der Waals surface area contributed by atoms with Crippen molar-refractivity contribution in [1.82, 2.24) is 0 Å². The quantitative estimate of drug-likeness (QED) is 0.621. The van der Waals surface area contributed by atoms with E-state index in [0.717, 1.165) is 0 Å². The van der Waals surface area contributed by atoms with Gasteiger partial charge in [0.1, 0.15) is 0 Å². The average Bonchev–Trinajstić information content (AvgIpc) is 2.45. The highest BCUT2D eigenvalue weighted by Gasteiger charge is 2.34. The molecule has 0 bridgehead atoms. The molecule has 1 unspecified atom stereocenters. The molecule has 0 radical (unpaired) electrons. The number of rotatable bonds is 1. The molecule has 0 saturated heterocycles. The van der Waals surface area contributed by atoms with E-state index in [1.54, 1.807) is 24.3 Å². The summed E-state index contributed by atoms with van der Waals surface area (Å²) < 4.78 is 0. The lowest BCUT2D eigenvalue weighted by atomic mass is 10.1. The van der Waals surface area contributed by atoms with Crippen LogP contribution < -0.4 is 5.32 Å². The van der Waals surface area contributed by atoms with Crippen LogP contribution in [0.5, 0.6) is 0 Å². The number of fused-ring (bicyclic) bond motifs is 1. The molecule has 0 spiro atoms. The smallest absolute Gasteiger partial charge is 0.334 e. The highest BCUT2D eigenvalue weighted by Crippen LogP contribution is 2.24. The first-order chi connectivity index (χ1) is 6.20. The van der Waals surface area contributed by atoms with Crippen molar-refractivity contribution in [3.8, 4) is 0 Å². The van der Waals surface area contributed by atoms with E-state index in [1.165, 1.54) is 0 Å². The summed E-state index contributed by atoms with van der Waals surface area (Å²) in [6, 6.07) is 5.66. The van der Waals surface area contributed by atoms with Gasteiger partial charge in [-0.15, -0.1) is 0 Å². The standard InChI is InChI=1S/C9H7NO3/c11-8-5-3-1-2-4-6(5)10-7(8)9(12)13/h1-4,7,10H,(H,12,13). The van der Waals surface area contributed by atoms with Crippen molar-refractivity contribution in [2.24, 2.45) is 0 Å². The molecule has 0 amide bonds. The monoisotopic (exact) mass is 177 g/mol. The molecule has 1 heterocycles. The maximum absolute atomic E-state index is 11.4. The number of benzene rings is 1. The minimum absolute atomic E-state index is 0.372. The summed E-state index contributed by atoms with van der Waals surface area (Å²) in [5.41, 5.74) is 1.05. The Bertz CT molecular complexity index is 386. The molecule has 66 valence electrons. The Hall–Kier alpha value is -1.84. The third-order valence-corrected chi connectivity index (χ3v) is 2.00. The Morgan fingerprint density at radius 2 is 2.08 bits per heavy atom. The molecule has 13 heavy (non-hydrogen) atoms. The third kappa shape index (κ3) is 1.07. The van der Waals surface area contributed by atoms with E-state index in [9.17, 15) is 9.59 Å². The lowest BCUT2D eigenvalue weighted by Crippen LogP contribution is -2.31. The minimum atomic E-state index is -1.14. The first-order valence-corrected chi connectivity index (χ1v) is 3.83. The van der Waals surface area contributed by atoms with Crippen molar-refractivity contribution in [3.63, 3.8) is 0 Å². The van der Waals surface area contributed by atoms with E-state index in [-0.39, 0.29) is 5.78 Å². The number of carbonyl (C=O) groups excluding carboxylic acids is 1. The number of para-hydroxylation sites is 1. The van der Waals surface area contributed by atoms with Crippen LogP contribution in [0.3, 0.4) is 0 Å². The van der Waals surface area contributed by atoms with Gasteiger partial charge in [0.15, 0.2) is 11.8 Å². The van der Waals surface area contributed by atoms with Crippen LogP contribution in [0.15, 0.2) is 24.3 Å². The third-order valence-electron chi connectivity index (χ3n) is 2.00. The molecular weight excluding hydrogens is 170 g/mol. The summed E-state index contributed by atoms with van der Waals surface area (Å²) in [4.78, 5) is 22.0. The van der Waals surface area contributed by atoms with Crippen LogP contribution >= 0.6 is 0 Å². The maximum atomic E-state index is 11.4. The summed E-state index contributed by atoms with van der Waals surface area (Å²) in [5.74, 6) is -1.51. The predicted molar refractivity (Wildman–Crippen MR) is 45.8 cm³/mol. The molecule has 1 aromatic rings. The first kappa shape index (κ1) is 7.79. The van der Waals surface area contributed by atoms with E-state index in [4.69, 9.17) is 5.11 Å². The van der Waals surface area contributed by atoms with Crippen molar-refractivity contribution >= 4 is 17.4 Å². The Morgan fingerprint density at radius 1 is 1.38 bits per heavy atom. The molecule has 0 aromatic heterocycles. The van der Waals surface area contributed by atoms with Gasteiger partial charge in [0.05, 0.1) is 0 Å². The molecule has 4 nitrogen and oxygen atoms in total. The second-order valence-electron chi connectivity index (χ2n) is 2.83. The zero-order valence-corrected chi connectivity index (χ0v) is 6.65. The van der Waals surface area contributed by atoms with Crippen LogP contribution in [0.25, 0.3) is 0 Å². The van der Waals surface area contributed by atoms with E-state index < -0.39 is 12.0 Å². The van der Waals surface area contributed by atoms with Crippen LogP contribution in [-0.2, 0) is 4.79 Å². The van der Waals surface area contributed by atoms with Crippen molar-refractivity contribution in [2.45, 2.75) is 6.04 Å². The van der Waals surface area contributed by atoms with Crippen molar-refractivity contribution in [3.05, 3.63) is 29.8 Å². The van der Waals surface area contributed by atoms with Gasteiger partial charge in [-0.25, -0.2) is 4.79 Å². The lowest BCUT2D eigenvalue weighted by molar-refractivity contribution is -0.136. The topological polar surface area (TPSA) is 66.4 Å². The molecule has 1 aliphatic rings. The first-order valence-electron chi connectivity index (χ1n) is 3.83. The minimum Gasteiger partial charge on any atom is -0.479 e. The van der Waals surface area contributed by atoms with Crippen LogP contribution in [-0.4, -0.2) is 22.9 Å². The molecule has 1 atom stereocenters. The highest BCUT2D eigenvalue weighted by molar-refractivity contribution is 6.19. The van der Waals surface area contributed by atoms with Crippen molar-refractivity contribution in [2.75, 3.05) is 5.32 Å². The second-order valence-corrected chi connectivity index (χ2v) is 2.83. The number of carbonyl (C=O) groups is 2. The van der Waals surface area contributed by atoms with Crippen LogP contribution in [0.2, 0.25) is 0 Å². The number of carboxylic acids is 1. The van der Waals surface area contributed by atoms with Gasteiger partial charge in [0.25, 0.3) is 0 Å². The van der Waals surface area contributed by atoms with E-state index >= 15 is 0 Å². The number of aliphatic carboxylic acids is 1. The summed E-state index contributed by atoms with van der Waals surface area (Å²) in [5, 5.41) is 11.3. The van der Waals surface area contributed by atoms with Crippen LogP contribution in [0.1, 0.15) is 10.4 Å². The Kier molecular flexibility index (Phi) is 1.55. The van der Waals surface area contributed by atoms with Gasteiger partial charge < -0.3 is 10.4 Å². The lowest BCUT2D eigenvalue weighted by Gasteiger charge is -2.01. The highest BCUT2D eigenvalue weighted by atomic mass is 16.4. The summed E-state index contributed by atoms with van der Waals surface area (Å²) in [7, 11) is 0. The van der Waals surface area contributed by atoms with Gasteiger partial charge in [-0.3, -0.25) is 4.79 Å². The predicted octanol–water partition coefficient (Wildman–Crippen LogP) is 0.748. The zero-order valence-electron chi connectivity index (χ0n) is 6.65. The van der Waals surface area contributed by atoms with E-state index in [2.05, 4.69) is 5.32 Å². The Balaban J connectivity index is 2.44. The van der Waals surface area contributed by atoms with Gasteiger partial charge in [-0.05, 0) is 12.1 Å². The maximum Gasteiger partial charge on any atom is 0.334 e. The fourth-order valence-electron chi connectivity index (χ4n) is 1.37. The molecule has 0 fully saturated rings. The Labute approximate surface area is 74.2 Å². The largest absolute Gasteiger partial charge is 0.479 e.